The van der Waals surface area contributed by atoms with E-state index in [0.717, 1.165) is 0 Å². The van der Waals surface area contributed by atoms with E-state index in [0.29, 0.717) is 5.56 Å². The molecule has 0 saturated carbocycles. The van der Waals surface area contributed by atoms with Crippen LogP contribution in [0.25, 0.3) is 0 Å². The fraction of sp³-hybridized carbons (Fsp3) is 0.364. The number of hydrogen-bond donors (Lipinski definition) is 0. The van der Waals surface area contributed by atoms with Crippen molar-refractivity contribution in [3.8, 4) is 0 Å². The van der Waals surface area contributed by atoms with Crippen molar-refractivity contribution in [3.63, 3.8) is 0 Å². The van der Waals surface area contributed by atoms with E-state index in [1.165, 1.54) is 6.07 Å². The summed E-state index contributed by atoms with van der Waals surface area (Å²) < 4.78 is 9.91. The Morgan fingerprint density at radius 3 is 2.88 bits per heavy atom. The zero-order valence-corrected chi connectivity index (χ0v) is 9.16. The van der Waals surface area contributed by atoms with Crippen LogP contribution in [-0.4, -0.2) is 23.6 Å². The molecule has 0 N–H and O–H groups in total. The molecule has 0 unspecified atom stereocenters. The van der Waals surface area contributed by atoms with Crippen molar-refractivity contribution in [2.75, 3.05) is 6.61 Å². The Balaban J connectivity index is 2.16. The molecule has 17 heavy (non-hydrogen) atoms. The summed E-state index contributed by atoms with van der Waals surface area (Å²) in [6, 6.07) is 6.22. The van der Waals surface area contributed by atoms with Crippen LogP contribution in [0.1, 0.15) is 18.6 Å². The molecule has 1 aromatic rings. The summed E-state index contributed by atoms with van der Waals surface area (Å²) in [4.78, 5) is 21.7. The quantitative estimate of drug-likeness (QED) is 0.344. The van der Waals surface area contributed by atoms with E-state index < -0.39 is 23.1 Å². The van der Waals surface area contributed by atoms with E-state index in [1.54, 1.807) is 25.1 Å². The van der Waals surface area contributed by atoms with E-state index in [4.69, 9.17) is 9.47 Å². The number of nitro benzene ring substituents is 1. The monoisotopic (exact) mass is 237 g/mol. The summed E-state index contributed by atoms with van der Waals surface area (Å²) in [6.07, 6.45) is -1.27. The Bertz CT molecular complexity index is 459. The highest BCUT2D eigenvalue weighted by Gasteiger charge is 2.49. The largest absolute Gasteiger partial charge is 0.464 e. The van der Waals surface area contributed by atoms with Gasteiger partial charge in [0.25, 0.3) is 5.69 Å². The number of rotatable bonds is 4. The molecule has 0 aliphatic carbocycles. The summed E-state index contributed by atoms with van der Waals surface area (Å²) in [7, 11) is 0. The molecule has 1 aliphatic rings. The third-order valence-corrected chi connectivity index (χ3v) is 2.45. The van der Waals surface area contributed by atoms with Crippen LogP contribution in [0.3, 0.4) is 0 Å². The van der Waals surface area contributed by atoms with E-state index >= 15 is 0 Å². The minimum Gasteiger partial charge on any atom is -0.464 e. The Kier molecular flexibility index (Phi) is 3.06. The Hall–Kier alpha value is -1.95. The molecule has 0 bridgehead atoms. The minimum absolute atomic E-state index is 0.0377. The van der Waals surface area contributed by atoms with Crippen molar-refractivity contribution in [3.05, 3.63) is 39.9 Å². The van der Waals surface area contributed by atoms with Crippen LogP contribution >= 0.6 is 0 Å². The topological polar surface area (TPSA) is 82.0 Å². The van der Waals surface area contributed by atoms with Crippen LogP contribution in [0.4, 0.5) is 5.69 Å². The van der Waals surface area contributed by atoms with Gasteiger partial charge in [-0.25, -0.2) is 4.79 Å². The average Bonchev–Trinajstić information content (AvgIpc) is 3.09. The second-order valence-electron chi connectivity index (χ2n) is 3.55. The number of esters is 1. The summed E-state index contributed by atoms with van der Waals surface area (Å²) in [6.45, 7) is 1.96. The van der Waals surface area contributed by atoms with Gasteiger partial charge in [-0.3, -0.25) is 10.1 Å². The number of carbonyl (C=O) groups is 1. The fourth-order valence-electron chi connectivity index (χ4n) is 1.65. The molecule has 0 spiro atoms. The summed E-state index contributed by atoms with van der Waals surface area (Å²) in [5, 5.41) is 10.8. The first-order valence-electron chi connectivity index (χ1n) is 5.20. The molecule has 2 rings (SSSR count). The maximum Gasteiger partial charge on any atom is 0.338 e. The minimum atomic E-state index is -0.712. The molecule has 1 aliphatic heterocycles. The van der Waals surface area contributed by atoms with Crippen molar-refractivity contribution in [2.24, 2.45) is 0 Å². The maximum atomic E-state index is 11.4. The van der Waals surface area contributed by atoms with Crippen molar-refractivity contribution >= 4 is 11.7 Å². The zero-order valence-electron chi connectivity index (χ0n) is 9.16. The van der Waals surface area contributed by atoms with Crippen molar-refractivity contribution in [1.29, 1.82) is 0 Å². The Morgan fingerprint density at radius 1 is 1.53 bits per heavy atom. The van der Waals surface area contributed by atoms with Gasteiger partial charge in [0.05, 0.1) is 17.1 Å². The molecule has 1 fully saturated rings. The number of nitro groups is 1. The molecule has 0 amide bonds. The van der Waals surface area contributed by atoms with Crippen LogP contribution < -0.4 is 0 Å². The van der Waals surface area contributed by atoms with Crippen LogP contribution in [0, 0.1) is 10.1 Å². The van der Waals surface area contributed by atoms with Crippen LogP contribution in [-0.2, 0) is 14.3 Å². The molecule has 1 saturated heterocycles. The number of carbonyl (C=O) groups excluding carboxylic acids is 1. The van der Waals surface area contributed by atoms with Gasteiger partial charge in [-0.2, -0.15) is 0 Å². The number of benzene rings is 1. The van der Waals surface area contributed by atoms with Crippen molar-refractivity contribution in [2.45, 2.75) is 19.1 Å². The van der Waals surface area contributed by atoms with Gasteiger partial charge in [0.2, 0.25) is 0 Å². The van der Waals surface area contributed by atoms with Gasteiger partial charge in [-0.1, -0.05) is 12.1 Å². The average molecular weight is 237 g/mol. The van der Waals surface area contributed by atoms with Gasteiger partial charge < -0.3 is 9.47 Å². The van der Waals surface area contributed by atoms with Crippen molar-refractivity contribution in [1.82, 2.24) is 0 Å². The molecule has 90 valence electrons. The highest BCUT2D eigenvalue weighted by Crippen LogP contribution is 2.43. The number of hydrogen-bond acceptors (Lipinski definition) is 5. The third-order valence-electron chi connectivity index (χ3n) is 2.45. The van der Waals surface area contributed by atoms with Gasteiger partial charge in [0.1, 0.15) is 6.10 Å². The maximum absolute atomic E-state index is 11.4. The standard InChI is InChI=1S/C11H11NO5/c1-2-16-11(13)10-9(17-10)7-5-3-4-6-8(7)12(14)15/h3-6,9-10H,2H2,1H3/t9-,10+/m1/s1. The smallest absolute Gasteiger partial charge is 0.338 e. The van der Waals surface area contributed by atoms with E-state index in [1.807, 2.05) is 0 Å². The molecule has 6 heteroatoms. The molecular weight excluding hydrogens is 226 g/mol. The first-order chi connectivity index (χ1) is 8.15. The van der Waals surface area contributed by atoms with Crippen LogP contribution in [0.15, 0.2) is 24.3 Å². The Morgan fingerprint density at radius 2 is 2.24 bits per heavy atom. The highest BCUT2D eigenvalue weighted by atomic mass is 16.6. The molecule has 1 heterocycles. The second kappa shape index (κ2) is 4.50. The SMILES string of the molecule is CCOC(=O)[C@H]1O[C@@H]1c1ccccc1[N+](=O)[O-]. The number of epoxide rings is 1. The molecule has 2 atom stereocenters. The lowest BCUT2D eigenvalue weighted by atomic mass is 10.1. The van der Waals surface area contributed by atoms with Crippen LogP contribution in [0.2, 0.25) is 0 Å². The van der Waals surface area contributed by atoms with Crippen molar-refractivity contribution < 1.29 is 19.2 Å². The van der Waals surface area contributed by atoms with E-state index in [-0.39, 0.29) is 12.3 Å². The first-order valence-corrected chi connectivity index (χ1v) is 5.20. The predicted octanol–water partition coefficient (Wildman–Crippen LogP) is 1.60. The first kappa shape index (κ1) is 11.5. The predicted molar refractivity (Wildman–Crippen MR) is 57.3 cm³/mol. The Labute approximate surface area is 97.3 Å². The van der Waals surface area contributed by atoms with Gasteiger partial charge >= 0.3 is 5.97 Å². The second-order valence-corrected chi connectivity index (χ2v) is 3.55. The molecule has 6 nitrogen and oxygen atoms in total. The normalized spacial score (nSPS) is 21.9. The fourth-order valence-corrected chi connectivity index (χ4v) is 1.65. The third kappa shape index (κ3) is 2.26. The van der Waals surface area contributed by atoms with Gasteiger partial charge in [-0.05, 0) is 13.0 Å². The zero-order chi connectivity index (χ0) is 12.4. The van der Waals surface area contributed by atoms with Crippen LogP contribution in [0.5, 0.6) is 0 Å². The molecule has 1 aromatic carbocycles. The van der Waals surface area contributed by atoms with E-state index in [2.05, 4.69) is 0 Å². The van der Waals surface area contributed by atoms with Gasteiger partial charge in [0, 0.05) is 6.07 Å². The molecule has 0 radical (unpaired) electrons. The van der Waals surface area contributed by atoms with E-state index in [9.17, 15) is 14.9 Å². The lowest BCUT2D eigenvalue weighted by molar-refractivity contribution is -0.385. The van der Waals surface area contributed by atoms with Gasteiger partial charge in [-0.15, -0.1) is 0 Å². The lowest BCUT2D eigenvalue weighted by Gasteiger charge is -1.99. The highest BCUT2D eigenvalue weighted by molar-refractivity contribution is 5.78. The molecule has 0 aromatic heterocycles. The number of nitrogens with zero attached hydrogens (tertiary/aromatic N) is 1. The summed E-state index contributed by atoms with van der Waals surface area (Å²) in [5.41, 5.74) is 0.375. The summed E-state index contributed by atoms with van der Waals surface area (Å²) >= 11 is 0. The number of ether oxygens (including phenoxy) is 2. The van der Waals surface area contributed by atoms with Gasteiger partial charge in [0.15, 0.2) is 6.10 Å². The number of para-hydroxylation sites is 1. The molecular formula is C11H11NO5. The summed E-state index contributed by atoms with van der Waals surface area (Å²) in [5.74, 6) is -0.476. The lowest BCUT2D eigenvalue weighted by Crippen LogP contribution is -2.12.